The third-order valence-electron chi connectivity index (χ3n) is 4.28. The van der Waals surface area contributed by atoms with E-state index in [1.54, 1.807) is 6.20 Å². The Balaban J connectivity index is 0.000000281. The van der Waals surface area contributed by atoms with Gasteiger partial charge in [-0.2, -0.15) is 13.2 Å². The molecule has 0 aliphatic carbocycles. The van der Waals surface area contributed by atoms with Crippen LogP contribution in [0.4, 0.5) is 24.7 Å². The van der Waals surface area contributed by atoms with Crippen LogP contribution < -0.4 is 14.8 Å². The van der Waals surface area contributed by atoms with Crippen LogP contribution in [0.3, 0.4) is 0 Å². The van der Waals surface area contributed by atoms with Crippen LogP contribution in [-0.2, 0) is 16.2 Å². The first-order chi connectivity index (χ1) is 16.4. The van der Waals surface area contributed by atoms with Gasteiger partial charge in [-0.15, -0.1) is 0 Å². The van der Waals surface area contributed by atoms with Crippen LogP contribution in [0.25, 0.3) is 0 Å². The van der Waals surface area contributed by atoms with Crippen molar-refractivity contribution in [1.29, 1.82) is 0 Å². The van der Waals surface area contributed by atoms with Crippen LogP contribution in [0, 0.1) is 0 Å². The highest BCUT2D eigenvalue weighted by Gasteiger charge is 2.34. The maximum atomic E-state index is 12.9. The number of pyridine rings is 2. The van der Waals surface area contributed by atoms with Gasteiger partial charge in [-0.3, -0.25) is 4.72 Å². The zero-order valence-corrected chi connectivity index (χ0v) is 19.6. The summed E-state index contributed by atoms with van der Waals surface area (Å²) >= 11 is 11.1. The maximum absolute atomic E-state index is 12.9. The van der Waals surface area contributed by atoms with Crippen molar-refractivity contribution in [3.05, 3.63) is 70.1 Å². The fourth-order valence-electron chi connectivity index (χ4n) is 2.75. The second-order valence-corrected chi connectivity index (χ2v) is 9.25. The molecule has 0 bridgehead atoms. The highest BCUT2D eigenvalue weighted by molar-refractivity contribution is 7.92. The first-order valence-corrected chi connectivity index (χ1v) is 11.7. The summed E-state index contributed by atoms with van der Waals surface area (Å²) in [7, 11) is -4.56. The van der Waals surface area contributed by atoms with Crippen molar-refractivity contribution < 1.29 is 36.2 Å². The summed E-state index contributed by atoms with van der Waals surface area (Å²) in [5, 5.41) is 11.4. The normalized spacial score (nSPS) is 12.8. The van der Waals surface area contributed by atoms with Gasteiger partial charge in [0.15, 0.2) is 17.3 Å². The molecule has 15 heteroatoms. The number of anilines is 2. The molecule has 186 valence electrons. The van der Waals surface area contributed by atoms with E-state index in [0.717, 1.165) is 49.1 Å². The highest BCUT2D eigenvalue weighted by Crippen LogP contribution is 2.36. The molecule has 2 aromatic heterocycles. The van der Waals surface area contributed by atoms with Crippen LogP contribution >= 0.6 is 23.2 Å². The molecule has 0 unspecified atom stereocenters. The van der Waals surface area contributed by atoms with Crippen LogP contribution in [0.2, 0.25) is 10.0 Å². The van der Waals surface area contributed by atoms with Crippen molar-refractivity contribution in [2.45, 2.75) is 11.1 Å². The number of aromatic nitrogens is 2. The SMILES string of the molecule is O=C(O)c1ncc(Cl)cc1NS(=O)(=O)c1ccc(Cl)c(C(F)(F)F)c1.c1cnc2c(c1)OCCN2. The molecule has 4 rings (SSSR count). The number of alkyl halides is 3. The summed E-state index contributed by atoms with van der Waals surface area (Å²) in [5.41, 5.74) is -2.51. The van der Waals surface area contributed by atoms with E-state index >= 15 is 0 Å². The lowest BCUT2D eigenvalue weighted by Gasteiger charge is -2.16. The number of sulfonamides is 1. The maximum Gasteiger partial charge on any atom is 0.417 e. The third-order valence-corrected chi connectivity index (χ3v) is 6.18. The topological polar surface area (TPSA) is 131 Å². The Morgan fingerprint density at radius 1 is 1.17 bits per heavy atom. The van der Waals surface area contributed by atoms with Gasteiger partial charge in [0.2, 0.25) is 0 Å². The first-order valence-electron chi connectivity index (χ1n) is 9.48. The average Bonchev–Trinajstić information content (AvgIpc) is 2.78. The van der Waals surface area contributed by atoms with Gasteiger partial charge >= 0.3 is 12.1 Å². The zero-order chi connectivity index (χ0) is 25.8. The molecule has 3 N–H and O–H groups in total. The largest absolute Gasteiger partial charge is 0.488 e. The molecular formula is C20H15Cl2F3N4O5S. The minimum Gasteiger partial charge on any atom is -0.488 e. The number of nitrogens with one attached hydrogen (secondary N) is 2. The molecule has 3 heterocycles. The van der Waals surface area contributed by atoms with Gasteiger partial charge in [-0.05, 0) is 36.4 Å². The predicted octanol–water partition coefficient (Wildman–Crippen LogP) is 4.79. The number of nitrogens with zero attached hydrogens (tertiary/aromatic N) is 2. The fraction of sp³-hybridized carbons (Fsp3) is 0.150. The molecule has 0 atom stereocenters. The van der Waals surface area contributed by atoms with E-state index in [1.165, 1.54) is 0 Å². The monoisotopic (exact) mass is 550 g/mol. The van der Waals surface area contributed by atoms with Gasteiger partial charge < -0.3 is 15.2 Å². The number of benzene rings is 1. The van der Waals surface area contributed by atoms with Crippen molar-refractivity contribution in [2.75, 3.05) is 23.2 Å². The molecular weight excluding hydrogens is 536 g/mol. The second-order valence-electron chi connectivity index (χ2n) is 6.73. The standard InChI is InChI=1S/C13H7Cl2F3N2O4S.C7H8N2O/c14-6-3-10(11(12(21)22)19-5-6)20-25(23,24)7-1-2-9(15)8(4-7)13(16,17)18;1-2-6-7(8-3-1)9-4-5-10-6/h1-5,20H,(H,21,22);1-3H,4-5H2,(H,8,9). The smallest absolute Gasteiger partial charge is 0.417 e. The third kappa shape index (κ3) is 6.65. The number of ether oxygens (including phenoxy) is 1. The van der Waals surface area contributed by atoms with Gasteiger partial charge in [0.05, 0.1) is 32.7 Å². The molecule has 3 aromatic rings. The van der Waals surface area contributed by atoms with Crippen molar-refractivity contribution in [3.8, 4) is 5.75 Å². The Morgan fingerprint density at radius 3 is 2.57 bits per heavy atom. The van der Waals surface area contributed by atoms with E-state index in [-0.39, 0.29) is 5.02 Å². The van der Waals surface area contributed by atoms with Gasteiger partial charge in [-0.1, -0.05) is 23.2 Å². The lowest BCUT2D eigenvalue weighted by atomic mass is 10.2. The Bertz CT molecular complexity index is 1330. The molecule has 1 aromatic carbocycles. The molecule has 0 saturated carbocycles. The molecule has 0 amide bonds. The quantitative estimate of drug-likeness (QED) is 0.422. The van der Waals surface area contributed by atoms with E-state index < -0.39 is 49.0 Å². The van der Waals surface area contributed by atoms with E-state index in [4.69, 9.17) is 33.0 Å². The van der Waals surface area contributed by atoms with E-state index in [9.17, 15) is 26.4 Å². The Labute approximate surface area is 206 Å². The fourth-order valence-corrected chi connectivity index (χ4v) is 4.22. The van der Waals surface area contributed by atoms with Crippen molar-refractivity contribution in [3.63, 3.8) is 0 Å². The van der Waals surface area contributed by atoms with Crippen LogP contribution in [0.1, 0.15) is 16.1 Å². The van der Waals surface area contributed by atoms with Gasteiger partial charge in [-0.25, -0.2) is 23.2 Å². The first kappa shape index (κ1) is 26.3. The molecule has 0 radical (unpaired) electrons. The molecule has 0 spiro atoms. The Hall–Kier alpha value is -3.29. The van der Waals surface area contributed by atoms with Crippen molar-refractivity contribution in [2.24, 2.45) is 0 Å². The number of halogens is 5. The lowest BCUT2D eigenvalue weighted by Crippen LogP contribution is -2.18. The minimum absolute atomic E-state index is 0.0743. The summed E-state index contributed by atoms with van der Waals surface area (Å²) in [6.45, 7) is 1.59. The Morgan fingerprint density at radius 2 is 1.91 bits per heavy atom. The van der Waals surface area contributed by atoms with Gasteiger partial charge in [0.25, 0.3) is 10.0 Å². The summed E-state index contributed by atoms with van der Waals surface area (Å²) in [5.74, 6) is 0.156. The van der Waals surface area contributed by atoms with Crippen LogP contribution in [0.5, 0.6) is 5.75 Å². The molecule has 1 aliphatic rings. The number of carboxylic acid groups (broad SMARTS) is 1. The summed E-state index contributed by atoms with van der Waals surface area (Å²) in [4.78, 5) is 17.9. The predicted molar refractivity (Wildman–Crippen MR) is 122 cm³/mol. The highest BCUT2D eigenvalue weighted by atomic mass is 35.5. The van der Waals surface area contributed by atoms with E-state index in [2.05, 4.69) is 15.3 Å². The number of carbonyl (C=O) groups is 1. The summed E-state index contributed by atoms with van der Waals surface area (Å²) in [6, 6.07) is 6.70. The second kappa shape index (κ2) is 10.5. The van der Waals surface area contributed by atoms with Crippen molar-refractivity contribution >= 4 is 50.7 Å². The minimum atomic E-state index is -4.87. The Kier molecular flexibility index (Phi) is 7.93. The lowest BCUT2D eigenvalue weighted by molar-refractivity contribution is -0.137. The number of hydrogen-bond acceptors (Lipinski definition) is 7. The van der Waals surface area contributed by atoms with Gasteiger partial charge in [0, 0.05) is 12.4 Å². The summed E-state index contributed by atoms with van der Waals surface area (Å²) in [6.07, 6.45) is -2.14. The number of hydrogen-bond donors (Lipinski definition) is 3. The van der Waals surface area contributed by atoms with E-state index in [1.807, 2.05) is 16.9 Å². The molecule has 35 heavy (non-hydrogen) atoms. The summed E-state index contributed by atoms with van der Waals surface area (Å²) < 4.78 is 70.3. The molecule has 0 fully saturated rings. The zero-order valence-electron chi connectivity index (χ0n) is 17.3. The molecule has 0 saturated heterocycles. The van der Waals surface area contributed by atoms with Crippen molar-refractivity contribution in [1.82, 2.24) is 9.97 Å². The number of fused-ring (bicyclic) bond motifs is 1. The van der Waals surface area contributed by atoms with Crippen LogP contribution in [-0.4, -0.2) is 42.6 Å². The average molecular weight is 551 g/mol. The van der Waals surface area contributed by atoms with Gasteiger partial charge in [0.1, 0.15) is 6.61 Å². The van der Waals surface area contributed by atoms with E-state index in [0.29, 0.717) is 6.07 Å². The molecule has 1 aliphatic heterocycles. The van der Waals surface area contributed by atoms with Crippen LogP contribution in [0.15, 0.2) is 53.7 Å². The number of aromatic carboxylic acids is 1. The number of carboxylic acids is 1. The number of rotatable bonds is 4. The molecule has 9 nitrogen and oxygen atoms in total.